The topological polar surface area (TPSA) is 79.5 Å². The lowest BCUT2D eigenvalue weighted by Gasteiger charge is -2.15. The monoisotopic (exact) mass is 258 g/mol. The molecule has 0 aliphatic carbocycles. The van der Waals surface area contributed by atoms with Crippen molar-refractivity contribution in [2.24, 2.45) is 0 Å². The summed E-state index contributed by atoms with van der Waals surface area (Å²) in [5.74, 6) is 0. The van der Waals surface area contributed by atoms with E-state index < -0.39 is 10.0 Å². The molecular weight excluding hydrogens is 244 g/mol. The molecule has 0 spiro atoms. The first-order chi connectivity index (χ1) is 8.04. The highest BCUT2D eigenvalue weighted by Crippen LogP contribution is 2.20. The zero-order valence-corrected chi connectivity index (χ0v) is 10.2. The largest absolute Gasteiger partial charge is 0.380 e. The van der Waals surface area contributed by atoms with Gasteiger partial charge in [-0.2, -0.15) is 4.31 Å². The quantitative estimate of drug-likeness (QED) is 0.813. The van der Waals surface area contributed by atoms with Crippen LogP contribution >= 0.6 is 0 Å². The van der Waals surface area contributed by atoms with E-state index in [9.17, 15) is 13.2 Å². The van der Waals surface area contributed by atoms with E-state index in [-0.39, 0.29) is 16.6 Å². The van der Waals surface area contributed by atoms with Gasteiger partial charge in [0.25, 0.3) is 0 Å². The van der Waals surface area contributed by atoms with Crippen LogP contribution in [0.2, 0.25) is 0 Å². The second-order valence-electron chi connectivity index (χ2n) is 3.90. The fourth-order valence-electron chi connectivity index (χ4n) is 1.81. The van der Waals surface area contributed by atoms with Gasteiger partial charge in [-0.3, -0.25) is 4.79 Å². The molecule has 1 aromatic rings. The predicted molar refractivity (Wildman–Crippen MR) is 61.2 cm³/mol. The van der Waals surface area contributed by atoms with Gasteiger partial charge < -0.3 is 9.72 Å². The molecule has 1 aliphatic heterocycles. The molecule has 1 N–H and O–H groups in total. The minimum absolute atomic E-state index is 0.0486. The van der Waals surface area contributed by atoms with Crippen LogP contribution in [0.4, 0.5) is 0 Å². The Morgan fingerprint density at radius 3 is 2.76 bits per heavy atom. The van der Waals surface area contributed by atoms with Gasteiger partial charge in [-0.05, 0) is 12.5 Å². The van der Waals surface area contributed by atoms with Crippen LogP contribution < -0.4 is 5.56 Å². The smallest absolute Gasteiger partial charge is 0.247 e. The summed E-state index contributed by atoms with van der Waals surface area (Å²) in [5.41, 5.74) is -0.319. The lowest BCUT2D eigenvalue weighted by molar-refractivity contribution is 0.115. The van der Waals surface area contributed by atoms with E-state index in [1.807, 2.05) is 0 Å². The fourth-order valence-corrected chi connectivity index (χ4v) is 3.27. The summed E-state index contributed by atoms with van der Waals surface area (Å²) in [4.78, 5) is 13.4. The number of hydrogen-bond donors (Lipinski definition) is 1. The summed E-state index contributed by atoms with van der Waals surface area (Å²) in [6.07, 6.45) is 1.86. The average molecular weight is 258 g/mol. The van der Waals surface area contributed by atoms with E-state index in [0.29, 0.717) is 19.5 Å². The van der Waals surface area contributed by atoms with Crippen molar-refractivity contribution in [3.05, 3.63) is 28.7 Å². The molecule has 0 saturated carbocycles. The predicted octanol–water partition coefficient (Wildman–Crippen LogP) is -0.216. The van der Waals surface area contributed by atoms with Crippen molar-refractivity contribution in [2.75, 3.05) is 20.2 Å². The maximum absolute atomic E-state index is 12.2. The van der Waals surface area contributed by atoms with E-state index in [4.69, 9.17) is 4.74 Å². The number of nitrogens with zero attached hydrogens (tertiary/aromatic N) is 1. The summed E-state index contributed by atoms with van der Waals surface area (Å²) in [5, 5.41) is 0. The molecule has 1 fully saturated rings. The maximum Gasteiger partial charge on any atom is 0.247 e. The highest BCUT2D eigenvalue weighted by atomic mass is 32.2. The van der Waals surface area contributed by atoms with E-state index in [1.165, 1.54) is 22.6 Å². The number of aromatic amines is 1. The second kappa shape index (κ2) is 4.59. The number of hydrogen-bond acceptors (Lipinski definition) is 4. The first-order valence-electron chi connectivity index (χ1n) is 5.26. The van der Waals surface area contributed by atoms with E-state index in [2.05, 4.69) is 4.98 Å². The van der Waals surface area contributed by atoms with Gasteiger partial charge in [0.15, 0.2) is 0 Å². The van der Waals surface area contributed by atoms with E-state index in [0.717, 1.165) is 0 Å². The Morgan fingerprint density at radius 2 is 2.24 bits per heavy atom. The third kappa shape index (κ3) is 2.41. The minimum atomic E-state index is -3.52. The molecule has 1 unspecified atom stereocenters. The van der Waals surface area contributed by atoms with Crippen molar-refractivity contribution in [1.29, 1.82) is 0 Å². The number of H-pyrrole nitrogens is 1. The molecule has 0 aromatic carbocycles. The Bertz CT molecular complexity index is 531. The lowest BCUT2D eigenvalue weighted by atomic mass is 10.3. The normalized spacial score (nSPS) is 21.8. The molecule has 1 atom stereocenters. The third-order valence-corrected chi connectivity index (χ3v) is 4.70. The van der Waals surface area contributed by atoms with Crippen LogP contribution in [0.3, 0.4) is 0 Å². The molecule has 2 heterocycles. The Kier molecular flexibility index (Phi) is 3.32. The Balaban J connectivity index is 2.25. The molecule has 0 bridgehead atoms. The van der Waals surface area contributed by atoms with Gasteiger partial charge in [0, 0.05) is 32.5 Å². The maximum atomic E-state index is 12.2. The van der Waals surface area contributed by atoms with Gasteiger partial charge in [0.05, 0.1) is 11.0 Å². The highest BCUT2D eigenvalue weighted by Gasteiger charge is 2.32. The second-order valence-corrected chi connectivity index (χ2v) is 5.84. The molecule has 0 radical (unpaired) electrons. The van der Waals surface area contributed by atoms with Crippen LogP contribution in [-0.2, 0) is 14.8 Å². The number of ether oxygens (including phenoxy) is 1. The number of sulfonamides is 1. The fraction of sp³-hybridized carbons (Fsp3) is 0.500. The van der Waals surface area contributed by atoms with Crippen LogP contribution in [0.1, 0.15) is 6.42 Å². The molecule has 1 saturated heterocycles. The number of pyridine rings is 1. The van der Waals surface area contributed by atoms with E-state index in [1.54, 1.807) is 7.11 Å². The lowest BCUT2D eigenvalue weighted by Crippen LogP contribution is -2.30. The van der Waals surface area contributed by atoms with Crippen LogP contribution in [0.15, 0.2) is 28.0 Å². The van der Waals surface area contributed by atoms with Gasteiger partial charge in [0.2, 0.25) is 15.6 Å². The van der Waals surface area contributed by atoms with Crippen LogP contribution in [0.25, 0.3) is 0 Å². The molecule has 0 amide bonds. The molecule has 94 valence electrons. The van der Waals surface area contributed by atoms with Crippen LogP contribution in [-0.4, -0.2) is 44.0 Å². The Hall–Kier alpha value is -1.18. The van der Waals surface area contributed by atoms with Gasteiger partial charge in [0.1, 0.15) is 0 Å². The average Bonchev–Trinajstić information content (AvgIpc) is 2.78. The number of nitrogens with one attached hydrogen (secondary N) is 1. The summed E-state index contributed by atoms with van der Waals surface area (Å²) < 4.78 is 30.8. The minimum Gasteiger partial charge on any atom is -0.380 e. The van der Waals surface area contributed by atoms with E-state index >= 15 is 0 Å². The van der Waals surface area contributed by atoms with Gasteiger partial charge in [-0.1, -0.05) is 0 Å². The zero-order chi connectivity index (χ0) is 12.5. The summed E-state index contributed by atoms with van der Waals surface area (Å²) in [6.45, 7) is 0.803. The van der Waals surface area contributed by atoms with Crippen molar-refractivity contribution >= 4 is 10.0 Å². The molecule has 7 heteroatoms. The first kappa shape index (κ1) is 12.3. The standard InChI is InChI=1S/C10H14N2O4S/c1-16-8-4-5-12(7-8)17(14,15)9-2-3-10(13)11-6-9/h2-3,6,8H,4-5,7H2,1H3,(H,11,13). The van der Waals surface area contributed by atoms with Crippen molar-refractivity contribution in [3.8, 4) is 0 Å². The molecule has 2 rings (SSSR count). The molecule has 1 aliphatic rings. The summed E-state index contributed by atoms with van der Waals surface area (Å²) >= 11 is 0. The summed E-state index contributed by atoms with van der Waals surface area (Å²) in [6, 6.07) is 2.52. The molecule has 1 aromatic heterocycles. The van der Waals surface area contributed by atoms with Crippen molar-refractivity contribution < 1.29 is 13.2 Å². The first-order valence-corrected chi connectivity index (χ1v) is 6.70. The molecule has 6 nitrogen and oxygen atoms in total. The molecular formula is C10H14N2O4S. The van der Waals surface area contributed by atoms with Gasteiger partial charge >= 0.3 is 0 Å². The molecule has 17 heavy (non-hydrogen) atoms. The number of aromatic nitrogens is 1. The van der Waals surface area contributed by atoms with Crippen molar-refractivity contribution in [1.82, 2.24) is 9.29 Å². The number of methoxy groups -OCH3 is 1. The van der Waals surface area contributed by atoms with Gasteiger partial charge in [-0.15, -0.1) is 0 Å². The van der Waals surface area contributed by atoms with Crippen LogP contribution in [0, 0.1) is 0 Å². The third-order valence-electron chi connectivity index (χ3n) is 2.83. The van der Waals surface area contributed by atoms with Gasteiger partial charge in [-0.25, -0.2) is 8.42 Å². The van der Waals surface area contributed by atoms with Crippen molar-refractivity contribution in [2.45, 2.75) is 17.4 Å². The van der Waals surface area contributed by atoms with Crippen LogP contribution in [0.5, 0.6) is 0 Å². The zero-order valence-electron chi connectivity index (χ0n) is 9.42. The Labute approximate surface area is 99.3 Å². The Morgan fingerprint density at radius 1 is 1.47 bits per heavy atom. The SMILES string of the molecule is COC1CCN(S(=O)(=O)c2ccc(=O)[nH]c2)C1. The number of rotatable bonds is 3. The summed E-state index contributed by atoms with van der Waals surface area (Å²) in [7, 11) is -1.95. The highest BCUT2D eigenvalue weighted by molar-refractivity contribution is 7.89. The van der Waals surface area contributed by atoms with Crippen molar-refractivity contribution in [3.63, 3.8) is 0 Å².